The number of hydrogen-bond donors (Lipinski definition) is 1. The molecule has 0 saturated carbocycles. The Morgan fingerprint density at radius 3 is 2.89 bits per heavy atom. The Balaban J connectivity index is 2.14. The van der Waals surface area contributed by atoms with E-state index in [1.807, 2.05) is 12.3 Å². The predicted octanol–water partition coefficient (Wildman–Crippen LogP) is 3.90. The van der Waals surface area contributed by atoms with E-state index in [9.17, 15) is 0 Å². The van der Waals surface area contributed by atoms with E-state index >= 15 is 0 Å². The molecule has 0 spiro atoms. The lowest BCUT2D eigenvalue weighted by atomic mass is 10.1. The first-order chi connectivity index (χ1) is 9.24. The van der Waals surface area contributed by atoms with E-state index in [1.165, 1.54) is 4.88 Å². The fourth-order valence-corrected chi connectivity index (χ4v) is 3.33. The molecule has 104 valence electrons. The second-order valence-corrected chi connectivity index (χ2v) is 6.24. The second-order valence-electron chi connectivity index (χ2n) is 4.49. The van der Waals surface area contributed by atoms with Crippen molar-refractivity contribution in [3.8, 4) is 0 Å². The molecule has 1 atom stereocenters. The Hall–Kier alpha value is -0.840. The Morgan fingerprint density at radius 2 is 2.26 bits per heavy atom. The first-order valence-corrected chi connectivity index (χ1v) is 7.92. The van der Waals surface area contributed by atoms with Crippen molar-refractivity contribution in [1.29, 1.82) is 0 Å². The molecule has 1 unspecified atom stereocenters. The Labute approximate surface area is 123 Å². The molecule has 5 heteroatoms. The van der Waals surface area contributed by atoms with E-state index < -0.39 is 0 Å². The van der Waals surface area contributed by atoms with E-state index in [0.29, 0.717) is 6.04 Å². The van der Waals surface area contributed by atoms with Crippen LogP contribution < -0.4 is 5.32 Å². The van der Waals surface area contributed by atoms with Crippen LogP contribution in [0.15, 0.2) is 24.5 Å². The maximum atomic E-state index is 6.04. The lowest BCUT2D eigenvalue weighted by Crippen LogP contribution is -2.23. The molecule has 2 rings (SSSR count). The highest BCUT2D eigenvalue weighted by molar-refractivity contribution is 7.16. The van der Waals surface area contributed by atoms with Gasteiger partial charge in [-0.15, -0.1) is 11.3 Å². The molecule has 3 nitrogen and oxygen atoms in total. The monoisotopic (exact) mass is 297 g/mol. The van der Waals surface area contributed by atoms with Gasteiger partial charge in [-0.3, -0.25) is 0 Å². The lowest BCUT2D eigenvalue weighted by Gasteiger charge is -2.17. The van der Waals surface area contributed by atoms with Crippen LogP contribution in [0.1, 0.15) is 37.0 Å². The van der Waals surface area contributed by atoms with E-state index in [0.717, 1.165) is 36.1 Å². The number of nitrogens with one attached hydrogen (secondary N) is 1. The number of thiophene rings is 1. The first kappa shape index (κ1) is 14.6. The molecule has 0 aliphatic carbocycles. The van der Waals surface area contributed by atoms with Gasteiger partial charge in [0, 0.05) is 36.3 Å². The minimum Gasteiger partial charge on any atom is -0.335 e. The summed E-state index contributed by atoms with van der Waals surface area (Å²) in [5.41, 5.74) is 0. The second kappa shape index (κ2) is 7.08. The number of likely N-dealkylation sites (N-methyl/N-ethyl adjacent to an activating group) is 1. The van der Waals surface area contributed by atoms with Crippen molar-refractivity contribution in [2.45, 2.75) is 39.3 Å². The minimum atomic E-state index is 0.292. The molecular weight excluding hydrogens is 278 g/mol. The van der Waals surface area contributed by atoms with Crippen molar-refractivity contribution in [1.82, 2.24) is 14.9 Å². The van der Waals surface area contributed by atoms with Gasteiger partial charge in [0.05, 0.1) is 4.34 Å². The number of halogens is 1. The maximum absolute atomic E-state index is 6.04. The van der Waals surface area contributed by atoms with Crippen LogP contribution in [0.2, 0.25) is 4.34 Å². The van der Waals surface area contributed by atoms with Gasteiger partial charge in [0.1, 0.15) is 5.82 Å². The quantitative estimate of drug-likeness (QED) is 0.840. The third-order valence-electron chi connectivity index (χ3n) is 3.04. The van der Waals surface area contributed by atoms with Gasteiger partial charge in [0.25, 0.3) is 0 Å². The number of imidazole rings is 1. The fourth-order valence-electron chi connectivity index (χ4n) is 2.19. The summed E-state index contributed by atoms with van der Waals surface area (Å²) >= 11 is 7.68. The van der Waals surface area contributed by atoms with Gasteiger partial charge < -0.3 is 9.88 Å². The smallest absolute Gasteiger partial charge is 0.110 e. The van der Waals surface area contributed by atoms with Crippen molar-refractivity contribution in [3.63, 3.8) is 0 Å². The predicted molar refractivity (Wildman–Crippen MR) is 82.0 cm³/mol. The highest BCUT2D eigenvalue weighted by Gasteiger charge is 2.16. The summed E-state index contributed by atoms with van der Waals surface area (Å²) in [5, 5.41) is 3.52. The van der Waals surface area contributed by atoms with Gasteiger partial charge in [-0.2, -0.15) is 0 Å². The van der Waals surface area contributed by atoms with Crippen LogP contribution in [-0.4, -0.2) is 16.1 Å². The van der Waals surface area contributed by atoms with Crippen LogP contribution in [-0.2, 0) is 13.0 Å². The molecule has 2 aromatic rings. The molecule has 0 radical (unpaired) electrons. The number of hydrogen-bond acceptors (Lipinski definition) is 3. The molecule has 0 aliphatic rings. The molecule has 0 bridgehead atoms. The summed E-state index contributed by atoms with van der Waals surface area (Å²) < 4.78 is 3.08. The van der Waals surface area contributed by atoms with Gasteiger partial charge in [-0.1, -0.05) is 25.4 Å². The third kappa shape index (κ3) is 3.81. The number of nitrogens with zero attached hydrogens (tertiary/aromatic N) is 2. The first-order valence-electron chi connectivity index (χ1n) is 6.73. The number of aryl methyl sites for hydroxylation is 1. The molecule has 0 aliphatic heterocycles. The van der Waals surface area contributed by atoms with Gasteiger partial charge in [0.15, 0.2) is 0 Å². The summed E-state index contributed by atoms with van der Waals surface area (Å²) in [6, 6.07) is 4.36. The average molecular weight is 298 g/mol. The largest absolute Gasteiger partial charge is 0.335 e. The van der Waals surface area contributed by atoms with E-state index in [1.54, 1.807) is 11.3 Å². The van der Waals surface area contributed by atoms with Gasteiger partial charge in [-0.25, -0.2) is 4.98 Å². The van der Waals surface area contributed by atoms with Crippen molar-refractivity contribution in [2.75, 3.05) is 6.54 Å². The van der Waals surface area contributed by atoms with Crippen LogP contribution in [0, 0.1) is 0 Å². The molecule has 2 heterocycles. The number of rotatable bonds is 7. The molecule has 0 fully saturated rings. The summed E-state index contributed by atoms with van der Waals surface area (Å²) in [6.45, 7) is 6.28. The topological polar surface area (TPSA) is 29.9 Å². The van der Waals surface area contributed by atoms with Crippen molar-refractivity contribution < 1.29 is 0 Å². The van der Waals surface area contributed by atoms with Crippen LogP contribution in [0.3, 0.4) is 0 Å². The zero-order chi connectivity index (χ0) is 13.7. The SMILES string of the molecule is CCCn1ccnc1CC(NCC)c1ccc(Cl)s1. The zero-order valence-electron chi connectivity index (χ0n) is 11.4. The van der Waals surface area contributed by atoms with E-state index in [4.69, 9.17) is 11.6 Å². The molecule has 0 amide bonds. The summed E-state index contributed by atoms with van der Waals surface area (Å²) in [6.07, 6.45) is 5.97. The van der Waals surface area contributed by atoms with Gasteiger partial charge >= 0.3 is 0 Å². The van der Waals surface area contributed by atoms with Crippen molar-refractivity contribution >= 4 is 22.9 Å². The highest BCUT2D eigenvalue weighted by atomic mass is 35.5. The molecule has 1 N–H and O–H groups in total. The maximum Gasteiger partial charge on any atom is 0.110 e. The molecule has 0 aromatic carbocycles. The average Bonchev–Trinajstić information content (AvgIpc) is 2.99. The third-order valence-corrected chi connectivity index (χ3v) is 4.39. The van der Waals surface area contributed by atoms with E-state index in [-0.39, 0.29) is 0 Å². The molecular formula is C14H20ClN3S. The normalized spacial score (nSPS) is 12.8. The van der Waals surface area contributed by atoms with Gasteiger partial charge in [-0.05, 0) is 25.1 Å². The molecule has 2 aromatic heterocycles. The Kier molecular flexibility index (Phi) is 5.43. The zero-order valence-corrected chi connectivity index (χ0v) is 13.0. The summed E-state index contributed by atoms with van der Waals surface area (Å²) in [7, 11) is 0. The van der Waals surface area contributed by atoms with Gasteiger partial charge in [0.2, 0.25) is 0 Å². The van der Waals surface area contributed by atoms with Crippen LogP contribution in [0.5, 0.6) is 0 Å². The molecule has 0 saturated heterocycles. The fraction of sp³-hybridized carbons (Fsp3) is 0.500. The highest BCUT2D eigenvalue weighted by Crippen LogP contribution is 2.28. The minimum absolute atomic E-state index is 0.292. The van der Waals surface area contributed by atoms with Crippen LogP contribution in [0.4, 0.5) is 0 Å². The van der Waals surface area contributed by atoms with Crippen molar-refractivity contribution in [2.24, 2.45) is 0 Å². The lowest BCUT2D eigenvalue weighted by molar-refractivity contribution is 0.522. The summed E-state index contributed by atoms with van der Waals surface area (Å²) in [4.78, 5) is 5.76. The van der Waals surface area contributed by atoms with Crippen LogP contribution in [0.25, 0.3) is 0 Å². The Bertz CT molecular complexity index is 506. The Morgan fingerprint density at radius 1 is 1.42 bits per heavy atom. The van der Waals surface area contributed by atoms with Crippen molar-refractivity contribution in [3.05, 3.63) is 39.6 Å². The summed E-state index contributed by atoms with van der Waals surface area (Å²) in [5.74, 6) is 1.14. The number of aromatic nitrogens is 2. The standard InChI is InChI=1S/C14H20ClN3S/c1-3-8-18-9-7-17-14(18)10-11(16-4-2)12-5-6-13(15)19-12/h5-7,9,11,16H,3-4,8,10H2,1-2H3. The van der Waals surface area contributed by atoms with E-state index in [2.05, 4.69) is 41.0 Å². The van der Waals surface area contributed by atoms with Crippen LogP contribution >= 0.6 is 22.9 Å². The molecule has 19 heavy (non-hydrogen) atoms.